The standard InChI is InChI=1S/C18H27N3O2/c1-18(13-23-14-18)12-19-17(22)20-15-7-6-8-16(11-15)21-9-4-2-3-5-10-21/h6-8,11H,2-5,9-10,12-14H2,1H3,(H2,19,20,22). The SMILES string of the molecule is CC1(CNC(=O)Nc2cccc(N3CCCCCC3)c2)COC1. The average molecular weight is 317 g/mol. The van der Waals surface area contributed by atoms with Crippen LogP contribution in [0.3, 0.4) is 0 Å². The molecule has 126 valence electrons. The number of nitrogens with zero attached hydrogens (tertiary/aromatic N) is 1. The summed E-state index contributed by atoms with van der Waals surface area (Å²) in [6.07, 6.45) is 5.14. The van der Waals surface area contributed by atoms with Gasteiger partial charge in [0.05, 0.1) is 13.2 Å². The van der Waals surface area contributed by atoms with Gasteiger partial charge in [0.1, 0.15) is 0 Å². The van der Waals surface area contributed by atoms with Crippen molar-refractivity contribution in [1.29, 1.82) is 0 Å². The maximum atomic E-state index is 12.1. The number of amides is 2. The Morgan fingerprint density at radius 3 is 2.61 bits per heavy atom. The van der Waals surface area contributed by atoms with E-state index in [1.54, 1.807) is 0 Å². The Balaban J connectivity index is 1.55. The van der Waals surface area contributed by atoms with Crippen molar-refractivity contribution in [2.75, 3.05) is 43.1 Å². The van der Waals surface area contributed by atoms with Gasteiger partial charge in [0.15, 0.2) is 0 Å². The van der Waals surface area contributed by atoms with Crippen LogP contribution in [0.2, 0.25) is 0 Å². The van der Waals surface area contributed by atoms with Crippen LogP contribution in [-0.4, -0.2) is 38.9 Å². The summed E-state index contributed by atoms with van der Waals surface area (Å²) >= 11 is 0. The number of nitrogens with one attached hydrogen (secondary N) is 2. The number of hydrogen-bond donors (Lipinski definition) is 2. The summed E-state index contributed by atoms with van der Waals surface area (Å²) in [4.78, 5) is 14.5. The second-order valence-electron chi connectivity index (χ2n) is 7.06. The zero-order valence-corrected chi connectivity index (χ0v) is 13.9. The van der Waals surface area contributed by atoms with E-state index < -0.39 is 0 Å². The van der Waals surface area contributed by atoms with Gasteiger partial charge in [0.2, 0.25) is 0 Å². The summed E-state index contributed by atoms with van der Waals surface area (Å²) in [6, 6.07) is 8.00. The fourth-order valence-corrected chi connectivity index (χ4v) is 3.13. The molecule has 0 aromatic heterocycles. The molecule has 2 fully saturated rings. The van der Waals surface area contributed by atoms with Crippen LogP contribution in [0.15, 0.2) is 24.3 Å². The lowest BCUT2D eigenvalue weighted by molar-refractivity contribution is -0.0974. The molecule has 0 radical (unpaired) electrons. The van der Waals surface area contributed by atoms with E-state index in [9.17, 15) is 4.79 Å². The molecule has 0 atom stereocenters. The minimum absolute atomic E-state index is 0.0885. The quantitative estimate of drug-likeness (QED) is 0.896. The number of anilines is 2. The van der Waals surface area contributed by atoms with Crippen LogP contribution in [0.4, 0.5) is 16.2 Å². The van der Waals surface area contributed by atoms with Crippen LogP contribution in [0.25, 0.3) is 0 Å². The lowest BCUT2D eigenvalue weighted by Gasteiger charge is -2.37. The second-order valence-corrected chi connectivity index (χ2v) is 7.06. The predicted octanol–water partition coefficient (Wildman–Crippen LogP) is 3.23. The van der Waals surface area contributed by atoms with Crippen LogP contribution in [0, 0.1) is 5.41 Å². The molecular weight excluding hydrogens is 290 g/mol. The molecule has 1 aromatic rings. The first-order valence-corrected chi connectivity index (χ1v) is 8.62. The Morgan fingerprint density at radius 2 is 1.96 bits per heavy atom. The largest absolute Gasteiger partial charge is 0.380 e. The van der Waals surface area contributed by atoms with Gasteiger partial charge in [-0.3, -0.25) is 0 Å². The zero-order chi connectivity index (χ0) is 16.1. The normalized spacial score (nSPS) is 20.3. The second kappa shape index (κ2) is 7.21. The molecule has 23 heavy (non-hydrogen) atoms. The first-order chi connectivity index (χ1) is 11.1. The van der Waals surface area contributed by atoms with Gasteiger partial charge >= 0.3 is 6.03 Å². The Bertz CT molecular complexity index is 535. The fraction of sp³-hybridized carbons (Fsp3) is 0.611. The van der Waals surface area contributed by atoms with E-state index in [2.05, 4.69) is 34.6 Å². The molecule has 3 rings (SSSR count). The molecule has 2 aliphatic rings. The predicted molar refractivity (Wildman–Crippen MR) is 93.1 cm³/mol. The number of rotatable bonds is 4. The van der Waals surface area contributed by atoms with E-state index in [1.165, 1.54) is 31.4 Å². The number of urea groups is 1. The molecule has 0 saturated carbocycles. The van der Waals surface area contributed by atoms with Crippen molar-refractivity contribution in [3.05, 3.63) is 24.3 Å². The van der Waals surface area contributed by atoms with Crippen molar-refractivity contribution >= 4 is 17.4 Å². The number of ether oxygens (including phenoxy) is 1. The molecular formula is C18H27N3O2. The van der Waals surface area contributed by atoms with Crippen molar-refractivity contribution < 1.29 is 9.53 Å². The molecule has 0 aliphatic carbocycles. The van der Waals surface area contributed by atoms with Crippen LogP contribution < -0.4 is 15.5 Å². The van der Waals surface area contributed by atoms with Crippen LogP contribution in [0.5, 0.6) is 0 Å². The minimum Gasteiger partial charge on any atom is -0.380 e. The Labute approximate surface area is 138 Å². The third-order valence-corrected chi connectivity index (χ3v) is 4.65. The smallest absolute Gasteiger partial charge is 0.319 e. The molecule has 0 spiro atoms. The third kappa shape index (κ3) is 4.38. The first kappa shape index (κ1) is 16.1. The topological polar surface area (TPSA) is 53.6 Å². The van der Waals surface area contributed by atoms with Gasteiger partial charge in [0, 0.05) is 36.4 Å². The summed E-state index contributed by atoms with van der Waals surface area (Å²) in [7, 11) is 0. The van der Waals surface area contributed by atoms with Gasteiger partial charge < -0.3 is 20.3 Å². The Kier molecular flexibility index (Phi) is 5.06. The highest BCUT2D eigenvalue weighted by Crippen LogP contribution is 2.25. The van der Waals surface area contributed by atoms with E-state index in [0.29, 0.717) is 6.54 Å². The van der Waals surface area contributed by atoms with E-state index in [4.69, 9.17) is 4.74 Å². The molecule has 2 N–H and O–H groups in total. The highest BCUT2D eigenvalue weighted by Gasteiger charge is 2.33. The highest BCUT2D eigenvalue weighted by atomic mass is 16.5. The number of carbonyl (C=O) groups excluding carboxylic acids is 1. The van der Waals surface area contributed by atoms with Crippen LogP contribution >= 0.6 is 0 Å². The molecule has 0 unspecified atom stereocenters. The van der Waals surface area contributed by atoms with Gasteiger partial charge in [-0.2, -0.15) is 0 Å². The van der Waals surface area contributed by atoms with Crippen molar-refractivity contribution in [3.8, 4) is 0 Å². The van der Waals surface area contributed by atoms with E-state index in [-0.39, 0.29) is 11.4 Å². The number of carbonyl (C=O) groups is 1. The zero-order valence-electron chi connectivity index (χ0n) is 13.9. The van der Waals surface area contributed by atoms with Gasteiger partial charge in [-0.1, -0.05) is 25.8 Å². The number of benzene rings is 1. The van der Waals surface area contributed by atoms with Crippen molar-refractivity contribution in [2.24, 2.45) is 5.41 Å². The maximum absolute atomic E-state index is 12.1. The molecule has 1 aromatic carbocycles. The average Bonchev–Trinajstić information content (AvgIpc) is 2.80. The van der Waals surface area contributed by atoms with Gasteiger partial charge in [-0.05, 0) is 31.0 Å². The summed E-state index contributed by atoms with van der Waals surface area (Å²) in [5.41, 5.74) is 2.13. The molecule has 5 heteroatoms. The summed E-state index contributed by atoms with van der Waals surface area (Å²) in [5, 5.41) is 5.88. The molecule has 0 bridgehead atoms. The number of hydrogen-bond acceptors (Lipinski definition) is 3. The monoisotopic (exact) mass is 317 g/mol. The third-order valence-electron chi connectivity index (χ3n) is 4.65. The lowest BCUT2D eigenvalue weighted by Crippen LogP contribution is -2.49. The summed E-state index contributed by atoms with van der Waals surface area (Å²) in [6.45, 7) is 6.42. The Hall–Kier alpha value is -1.75. The van der Waals surface area contributed by atoms with Crippen molar-refractivity contribution in [2.45, 2.75) is 32.6 Å². The van der Waals surface area contributed by atoms with Gasteiger partial charge in [-0.25, -0.2) is 4.79 Å². The van der Waals surface area contributed by atoms with Crippen molar-refractivity contribution in [3.63, 3.8) is 0 Å². The minimum atomic E-state index is -0.147. The highest BCUT2D eigenvalue weighted by molar-refractivity contribution is 5.89. The fourth-order valence-electron chi connectivity index (χ4n) is 3.13. The molecule has 5 nitrogen and oxygen atoms in total. The molecule has 2 aliphatic heterocycles. The molecule has 2 heterocycles. The van der Waals surface area contributed by atoms with E-state index in [0.717, 1.165) is 32.0 Å². The van der Waals surface area contributed by atoms with Crippen LogP contribution in [-0.2, 0) is 4.74 Å². The lowest BCUT2D eigenvalue weighted by atomic mass is 9.89. The van der Waals surface area contributed by atoms with E-state index >= 15 is 0 Å². The molecule has 2 saturated heterocycles. The van der Waals surface area contributed by atoms with Crippen LogP contribution in [0.1, 0.15) is 32.6 Å². The maximum Gasteiger partial charge on any atom is 0.319 e. The van der Waals surface area contributed by atoms with E-state index in [1.807, 2.05) is 12.1 Å². The summed E-state index contributed by atoms with van der Waals surface area (Å²) in [5.74, 6) is 0. The Morgan fingerprint density at radius 1 is 1.22 bits per heavy atom. The van der Waals surface area contributed by atoms with Gasteiger partial charge in [-0.15, -0.1) is 0 Å². The molecule has 2 amide bonds. The first-order valence-electron chi connectivity index (χ1n) is 8.62. The van der Waals surface area contributed by atoms with Gasteiger partial charge in [0.25, 0.3) is 0 Å². The van der Waals surface area contributed by atoms with Crippen molar-refractivity contribution in [1.82, 2.24) is 5.32 Å². The summed E-state index contributed by atoms with van der Waals surface area (Å²) < 4.78 is 5.20.